The average Bonchev–Trinajstić information content (AvgIpc) is 3.47. The van der Waals surface area contributed by atoms with Crippen molar-refractivity contribution in [2.75, 3.05) is 33.4 Å². The smallest absolute Gasteiger partial charge is 0.121 e. The highest BCUT2D eigenvalue weighted by Gasteiger charge is 2.16. The standard InChI is InChI=1S/C27H28N2O2/c1-30-22-11-9-21(10-12-22)27-26(20-7-3-2-4-8-20)24-14-13-23(19-25(24)28-27)31-18-17-29-15-5-6-16-29/h2-4,7-14,19,28H,5-6,15-18H2,1H3. The van der Waals surface area contributed by atoms with Crippen LogP contribution in [0.1, 0.15) is 12.8 Å². The van der Waals surface area contributed by atoms with Crippen molar-refractivity contribution in [2.24, 2.45) is 0 Å². The summed E-state index contributed by atoms with van der Waals surface area (Å²) in [6, 6.07) is 25.1. The van der Waals surface area contributed by atoms with Gasteiger partial charge in [-0.2, -0.15) is 0 Å². The molecule has 4 heteroatoms. The van der Waals surface area contributed by atoms with E-state index >= 15 is 0 Å². The fourth-order valence-corrected chi connectivity index (χ4v) is 4.44. The molecule has 4 aromatic rings. The van der Waals surface area contributed by atoms with Crippen LogP contribution in [-0.2, 0) is 0 Å². The molecule has 1 saturated heterocycles. The van der Waals surface area contributed by atoms with Crippen molar-refractivity contribution in [1.82, 2.24) is 9.88 Å². The largest absolute Gasteiger partial charge is 0.497 e. The lowest BCUT2D eigenvalue weighted by atomic mass is 9.98. The van der Waals surface area contributed by atoms with Crippen LogP contribution in [0.2, 0.25) is 0 Å². The Labute approximate surface area is 183 Å². The van der Waals surface area contributed by atoms with E-state index in [0.29, 0.717) is 0 Å². The van der Waals surface area contributed by atoms with E-state index in [2.05, 4.69) is 70.5 Å². The highest BCUT2D eigenvalue weighted by atomic mass is 16.5. The van der Waals surface area contributed by atoms with Gasteiger partial charge < -0.3 is 14.5 Å². The Balaban J connectivity index is 1.49. The van der Waals surface area contributed by atoms with Crippen molar-refractivity contribution in [3.05, 3.63) is 72.8 Å². The molecule has 0 saturated carbocycles. The van der Waals surface area contributed by atoms with Crippen molar-refractivity contribution >= 4 is 10.9 Å². The SMILES string of the molecule is COc1ccc(-c2[nH]c3cc(OCCN4CCCC4)ccc3c2-c2ccccc2)cc1. The van der Waals surface area contributed by atoms with E-state index < -0.39 is 0 Å². The first-order chi connectivity index (χ1) is 15.3. The number of nitrogens with one attached hydrogen (secondary N) is 1. The molecule has 1 aromatic heterocycles. The number of aromatic nitrogens is 1. The lowest BCUT2D eigenvalue weighted by Gasteiger charge is -2.14. The molecular formula is C27H28N2O2. The fourth-order valence-electron chi connectivity index (χ4n) is 4.44. The van der Waals surface area contributed by atoms with E-state index in [1.54, 1.807) is 7.11 Å². The van der Waals surface area contributed by atoms with Crippen LogP contribution < -0.4 is 9.47 Å². The van der Waals surface area contributed by atoms with Gasteiger partial charge in [-0.05, 0) is 73.5 Å². The van der Waals surface area contributed by atoms with Gasteiger partial charge >= 0.3 is 0 Å². The Morgan fingerprint density at radius 2 is 1.58 bits per heavy atom. The average molecular weight is 413 g/mol. The number of rotatable bonds is 7. The van der Waals surface area contributed by atoms with Crippen LogP contribution in [0.25, 0.3) is 33.3 Å². The van der Waals surface area contributed by atoms with Crippen molar-refractivity contribution in [3.8, 4) is 33.9 Å². The summed E-state index contributed by atoms with van der Waals surface area (Å²) in [6.45, 7) is 4.12. The minimum atomic E-state index is 0.725. The molecule has 2 heterocycles. The monoisotopic (exact) mass is 412 g/mol. The van der Waals surface area contributed by atoms with Crippen LogP contribution in [0.4, 0.5) is 0 Å². The number of hydrogen-bond acceptors (Lipinski definition) is 3. The lowest BCUT2D eigenvalue weighted by Crippen LogP contribution is -2.25. The highest BCUT2D eigenvalue weighted by Crippen LogP contribution is 2.39. The van der Waals surface area contributed by atoms with Crippen LogP contribution in [0.15, 0.2) is 72.8 Å². The molecule has 1 aliphatic rings. The summed E-state index contributed by atoms with van der Waals surface area (Å²) in [5.41, 5.74) is 5.74. The molecule has 1 N–H and O–H groups in total. The summed E-state index contributed by atoms with van der Waals surface area (Å²) in [5, 5.41) is 1.20. The van der Waals surface area contributed by atoms with Crippen LogP contribution in [0.3, 0.4) is 0 Å². The zero-order valence-corrected chi connectivity index (χ0v) is 17.9. The Morgan fingerprint density at radius 3 is 2.32 bits per heavy atom. The van der Waals surface area contributed by atoms with Crippen molar-refractivity contribution in [2.45, 2.75) is 12.8 Å². The summed E-state index contributed by atoms with van der Waals surface area (Å²) >= 11 is 0. The summed E-state index contributed by atoms with van der Waals surface area (Å²) in [4.78, 5) is 6.13. The second kappa shape index (κ2) is 8.86. The molecule has 5 rings (SSSR count). The lowest BCUT2D eigenvalue weighted by molar-refractivity contribution is 0.238. The van der Waals surface area contributed by atoms with Gasteiger partial charge in [0.15, 0.2) is 0 Å². The molecule has 3 aromatic carbocycles. The van der Waals surface area contributed by atoms with E-state index in [9.17, 15) is 0 Å². The van der Waals surface area contributed by atoms with Crippen molar-refractivity contribution in [3.63, 3.8) is 0 Å². The molecule has 0 aliphatic carbocycles. The molecule has 0 atom stereocenters. The van der Waals surface area contributed by atoms with Gasteiger partial charge in [0.25, 0.3) is 0 Å². The van der Waals surface area contributed by atoms with Crippen LogP contribution in [0, 0.1) is 0 Å². The van der Waals surface area contributed by atoms with Crippen LogP contribution >= 0.6 is 0 Å². The number of fused-ring (bicyclic) bond motifs is 1. The van der Waals surface area contributed by atoms with E-state index in [-0.39, 0.29) is 0 Å². The van der Waals surface area contributed by atoms with E-state index in [4.69, 9.17) is 9.47 Å². The highest BCUT2D eigenvalue weighted by molar-refractivity contribution is 6.04. The number of hydrogen-bond donors (Lipinski definition) is 1. The molecule has 0 unspecified atom stereocenters. The zero-order chi connectivity index (χ0) is 21.0. The predicted octanol–water partition coefficient (Wildman–Crippen LogP) is 5.99. The molecule has 1 aliphatic heterocycles. The Hall–Kier alpha value is -3.24. The molecule has 31 heavy (non-hydrogen) atoms. The number of methoxy groups -OCH3 is 1. The van der Waals surface area contributed by atoms with Gasteiger partial charge in [0.1, 0.15) is 18.1 Å². The van der Waals surface area contributed by atoms with E-state index in [1.165, 1.54) is 42.4 Å². The fraction of sp³-hybridized carbons (Fsp3) is 0.259. The first-order valence-electron chi connectivity index (χ1n) is 11.0. The Morgan fingerprint density at radius 1 is 0.839 bits per heavy atom. The first-order valence-corrected chi connectivity index (χ1v) is 11.0. The van der Waals surface area contributed by atoms with E-state index in [0.717, 1.165) is 41.4 Å². The topological polar surface area (TPSA) is 37.5 Å². The van der Waals surface area contributed by atoms with Crippen LogP contribution in [-0.4, -0.2) is 43.2 Å². The maximum atomic E-state index is 6.09. The van der Waals surface area contributed by atoms with Gasteiger partial charge in [0, 0.05) is 23.6 Å². The molecule has 0 bridgehead atoms. The third-order valence-corrected chi connectivity index (χ3v) is 6.09. The van der Waals surface area contributed by atoms with Gasteiger partial charge in [-0.3, -0.25) is 4.90 Å². The van der Waals surface area contributed by atoms with Gasteiger partial charge in [0.2, 0.25) is 0 Å². The van der Waals surface area contributed by atoms with Crippen molar-refractivity contribution < 1.29 is 9.47 Å². The Kier molecular flexibility index (Phi) is 5.63. The molecular weight excluding hydrogens is 384 g/mol. The number of H-pyrrole nitrogens is 1. The minimum Gasteiger partial charge on any atom is -0.497 e. The minimum absolute atomic E-state index is 0.725. The summed E-state index contributed by atoms with van der Waals surface area (Å²) < 4.78 is 11.4. The van der Waals surface area contributed by atoms with E-state index in [1.807, 2.05) is 12.1 Å². The summed E-state index contributed by atoms with van der Waals surface area (Å²) in [7, 11) is 1.69. The second-order valence-corrected chi connectivity index (χ2v) is 8.07. The van der Waals surface area contributed by atoms with Gasteiger partial charge in [0.05, 0.1) is 18.3 Å². The third kappa shape index (κ3) is 4.17. The number of ether oxygens (including phenoxy) is 2. The quantitative estimate of drug-likeness (QED) is 0.405. The summed E-state index contributed by atoms with van der Waals surface area (Å²) in [6.07, 6.45) is 2.62. The molecule has 0 amide bonds. The Bertz CT molecular complexity index is 1140. The zero-order valence-electron chi connectivity index (χ0n) is 17.9. The number of benzene rings is 3. The number of nitrogens with zero attached hydrogens (tertiary/aromatic N) is 1. The maximum absolute atomic E-state index is 6.09. The molecule has 0 radical (unpaired) electrons. The molecule has 4 nitrogen and oxygen atoms in total. The summed E-state index contributed by atoms with van der Waals surface area (Å²) in [5.74, 6) is 1.77. The van der Waals surface area contributed by atoms with Gasteiger partial charge in [-0.1, -0.05) is 30.3 Å². The van der Waals surface area contributed by atoms with Gasteiger partial charge in [-0.15, -0.1) is 0 Å². The first kappa shape index (κ1) is 19.7. The van der Waals surface area contributed by atoms with Gasteiger partial charge in [-0.25, -0.2) is 0 Å². The molecule has 1 fully saturated rings. The van der Waals surface area contributed by atoms with Crippen LogP contribution in [0.5, 0.6) is 11.5 Å². The molecule has 158 valence electrons. The molecule has 0 spiro atoms. The third-order valence-electron chi connectivity index (χ3n) is 6.09. The number of likely N-dealkylation sites (tertiary alicyclic amines) is 1. The van der Waals surface area contributed by atoms with Crippen molar-refractivity contribution in [1.29, 1.82) is 0 Å². The predicted molar refractivity (Wildman–Crippen MR) is 127 cm³/mol. The number of aromatic amines is 1. The normalized spacial score (nSPS) is 14.2. The maximum Gasteiger partial charge on any atom is 0.121 e. The second-order valence-electron chi connectivity index (χ2n) is 8.07.